The van der Waals surface area contributed by atoms with Crippen molar-refractivity contribution < 1.29 is 4.79 Å². The number of aryl methyl sites for hydroxylation is 1. The minimum absolute atomic E-state index is 0.435. The third-order valence-corrected chi connectivity index (χ3v) is 5.92. The Hall–Kier alpha value is -1.31. The molecule has 0 atom stereocenters. The molecule has 0 heterocycles. The quantitative estimate of drug-likeness (QED) is 0.675. The molecule has 0 aromatic heterocycles. The number of hydrogen-bond acceptors (Lipinski definition) is 1. The smallest absolute Gasteiger partial charge is 0.223 e. The van der Waals surface area contributed by atoms with Crippen LogP contribution in [0.3, 0.4) is 0 Å². The number of nitrogens with zero attached hydrogens (tertiary/aromatic N) is 1. The Morgan fingerprint density at radius 1 is 0.833 bits per heavy atom. The summed E-state index contributed by atoms with van der Waals surface area (Å²) in [7, 11) is 0. The molecular formula is C22H33NO. The van der Waals surface area contributed by atoms with E-state index in [2.05, 4.69) is 35.2 Å². The number of carbonyl (C=O) groups is 1. The monoisotopic (exact) mass is 327 g/mol. The lowest BCUT2D eigenvalue weighted by Crippen LogP contribution is -2.48. The van der Waals surface area contributed by atoms with Crippen molar-refractivity contribution in [2.75, 3.05) is 0 Å². The van der Waals surface area contributed by atoms with E-state index in [1.165, 1.54) is 69.8 Å². The van der Waals surface area contributed by atoms with E-state index in [-0.39, 0.29) is 0 Å². The van der Waals surface area contributed by atoms with Crippen LogP contribution in [-0.2, 0) is 11.2 Å². The first-order valence-corrected chi connectivity index (χ1v) is 10.2. The van der Waals surface area contributed by atoms with Crippen LogP contribution in [0.15, 0.2) is 30.3 Å². The second-order valence-electron chi connectivity index (χ2n) is 7.72. The summed E-state index contributed by atoms with van der Waals surface area (Å²) in [4.78, 5) is 15.4. The average Bonchev–Trinajstić information content (AvgIpc) is 2.65. The van der Waals surface area contributed by atoms with Crippen LogP contribution in [0.25, 0.3) is 0 Å². The molecule has 0 bridgehead atoms. The molecule has 1 amide bonds. The Balaban J connectivity index is 1.57. The van der Waals surface area contributed by atoms with Crippen molar-refractivity contribution >= 4 is 5.91 Å². The molecule has 2 fully saturated rings. The lowest BCUT2D eigenvalue weighted by Gasteiger charge is -2.42. The van der Waals surface area contributed by atoms with Crippen LogP contribution in [0.2, 0.25) is 0 Å². The fraction of sp³-hybridized carbons (Fsp3) is 0.682. The van der Waals surface area contributed by atoms with Gasteiger partial charge in [-0.15, -0.1) is 0 Å². The van der Waals surface area contributed by atoms with Crippen molar-refractivity contribution in [1.29, 1.82) is 0 Å². The highest BCUT2D eigenvalue weighted by Gasteiger charge is 2.31. The van der Waals surface area contributed by atoms with E-state index >= 15 is 0 Å². The molecule has 3 rings (SSSR count). The van der Waals surface area contributed by atoms with Crippen LogP contribution < -0.4 is 0 Å². The molecule has 1 aromatic carbocycles. The molecule has 0 unspecified atom stereocenters. The second-order valence-corrected chi connectivity index (χ2v) is 7.72. The SMILES string of the molecule is O=C(CCCc1ccccc1)N(C1CCCCC1)C1CCCCC1. The predicted molar refractivity (Wildman–Crippen MR) is 100.0 cm³/mol. The maximum atomic E-state index is 13.1. The van der Waals surface area contributed by atoms with Gasteiger partial charge in [0.15, 0.2) is 0 Å². The van der Waals surface area contributed by atoms with Gasteiger partial charge in [-0.1, -0.05) is 68.9 Å². The predicted octanol–water partition coefficient (Wildman–Crippen LogP) is 5.50. The van der Waals surface area contributed by atoms with E-state index in [0.29, 0.717) is 18.0 Å². The zero-order valence-corrected chi connectivity index (χ0v) is 15.1. The van der Waals surface area contributed by atoms with Crippen molar-refractivity contribution in [1.82, 2.24) is 4.90 Å². The van der Waals surface area contributed by atoms with Crippen molar-refractivity contribution in [3.05, 3.63) is 35.9 Å². The maximum absolute atomic E-state index is 13.1. The van der Waals surface area contributed by atoms with Crippen molar-refractivity contribution in [3.8, 4) is 0 Å². The van der Waals surface area contributed by atoms with Crippen molar-refractivity contribution in [3.63, 3.8) is 0 Å². The zero-order valence-electron chi connectivity index (χ0n) is 15.1. The van der Waals surface area contributed by atoms with E-state index in [0.717, 1.165) is 19.3 Å². The van der Waals surface area contributed by atoms with Gasteiger partial charge in [0.05, 0.1) is 0 Å². The summed E-state index contributed by atoms with van der Waals surface area (Å²) in [6.07, 6.45) is 15.6. The molecule has 0 saturated heterocycles. The van der Waals surface area contributed by atoms with Crippen LogP contribution in [-0.4, -0.2) is 22.9 Å². The molecule has 0 radical (unpaired) electrons. The fourth-order valence-electron chi connectivity index (χ4n) is 4.64. The zero-order chi connectivity index (χ0) is 16.6. The van der Waals surface area contributed by atoms with Crippen molar-refractivity contribution in [2.45, 2.75) is 95.6 Å². The van der Waals surface area contributed by atoms with Gasteiger partial charge in [0.1, 0.15) is 0 Å². The third-order valence-electron chi connectivity index (χ3n) is 5.92. The fourth-order valence-corrected chi connectivity index (χ4v) is 4.64. The normalized spacial score (nSPS) is 20.0. The largest absolute Gasteiger partial charge is 0.337 e. The highest BCUT2D eigenvalue weighted by Crippen LogP contribution is 2.31. The molecule has 2 saturated carbocycles. The van der Waals surface area contributed by atoms with Gasteiger partial charge in [-0.3, -0.25) is 4.79 Å². The van der Waals surface area contributed by atoms with Gasteiger partial charge in [-0.05, 0) is 44.1 Å². The lowest BCUT2D eigenvalue weighted by molar-refractivity contribution is -0.138. The first-order chi connectivity index (χ1) is 11.8. The Bertz CT molecular complexity index is 468. The van der Waals surface area contributed by atoms with E-state index in [9.17, 15) is 4.79 Å². The first-order valence-electron chi connectivity index (χ1n) is 10.2. The van der Waals surface area contributed by atoms with Gasteiger partial charge in [-0.25, -0.2) is 0 Å². The molecule has 2 aliphatic carbocycles. The summed E-state index contributed by atoms with van der Waals surface area (Å²) in [5.74, 6) is 0.435. The van der Waals surface area contributed by atoms with Gasteiger partial charge < -0.3 is 4.90 Å². The number of amides is 1. The van der Waals surface area contributed by atoms with E-state index < -0.39 is 0 Å². The molecule has 0 spiro atoms. The molecule has 132 valence electrons. The molecule has 24 heavy (non-hydrogen) atoms. The Kier molecular flexibility index (Phi) is 6.75. The first kappa shape index (κ1) is 17.5. The summed E-state index contributed by atoms with van der Waals surface area (Å²) >= 11 is 0. The minimum Gasteiger partial charge on any atom is -0.337 e. The minimum atomic E-state index is 0.435. The molecular weight excluding hydrogens is 294 g/mol. The molecule has 2 nitrogen and oxygen atoms in total. The molecule has 0 N–H and O–H groups in total. The number of rotatable bonds is 6. The number of benzene rings is 1. The van der Waals surface area contributed by atoms with Crippen LogP contribution in [0.5, 0.6) is 0 Å². The van der Waals surface area contributed by atoms with Crippen LogP contribution in [0.4, 0.5) is 0 Å². The summed E-state index contributed by atoms with van der Waals surface area (Å²) < 4.78 is 0. The second kappa shape index (κ2) is 9.25. The van der Waals surface area contributed by atoms with E-state index in [1.807, 2.05) is 0 Å². The topological polar surface area (TPSA) is 20.3 Å². The maximum Gasteiger partial charge on any atom is 0.223 e. The Morgan fingerprint density at radius 3 is 1.92 bits per heavy atom. The average molecular weight is 328 g/mol. The Labute approximate surface area is 147 Å². The number of carbonyl (C=O) groups excluding carboxylic acids is 1. The van der Waals surface area contributed by atoms with Crippen LogP contribution in [0.1, 0.15) is 82.6 Å². The van der Waals surface area contributed by atoms with Gasteiger partial charge in [-0.2, -0.15) is 0 Å². The summed E-state index contributed by atoms with van der Waals surface area (Å²) in [6, 6.07) is 11.6. The van der Waals surface area contributed by atoms with Gasteiger partial charge in [0, 0.05) is 18.5 Å². The highest BCUT2D eigenvalue weighted by atomic mass is 16.2. The summed E-state index contributed by atoms with van der Waals surface area (Å²) in [5, 5.41) is 0. The van der Waals surface area contributed by atoms with Gasteiger partial charge in [0.2, 0.25) is 5.91 Å². The lowest BCUT2D eigenvalue weighted by atomic mass is 9.88. The van der Waals surface area contributed by atoms with Gasteiger partial charge >= 0.3 is 0 Å². The van der Waals surface area contributed by atoms with E-state index in [1.54, 1.807) is 0 Å². The Morgan fingerprint density at radius 2 is 1.38 bits per heavy atom. The molecule has 2 heteroatoms. The van der Waals surface area contributed by atoms with E-state index in [4.69, 9.17) is 0 Å². The highest BCUT2D eigenvalue weighted by molar-refractivity contribution is 5.77. The van der Waals surface area contributed by atoms with Crippen molar-refractivity contribution in [2.24, 2.45) is 0 Å². The molecule has 2 aliphatic rings. The van der Waals surface area contributed by atoms with Gasteiger partial charge in [0.25, 0.3) is 0 Å². The number of hydrogen-bond donors (Lipinski definition) is 0. The molecule has 1 aromatic rings. The third kappa shape index (κ3) is 4.84. The molecule has 0 aliphatic heterocycles. The standard InChI is InChI=1S/C22H33NO/c24-22(18-10-13-19-11-4-1-5-12-19)23(20-14-6-2-7-15-20)21-16-8-3-9-17-21/h1,4-5,11-12,20-21H,2-3,6-10,13-18H2. The van der Waals surface area contributed by atoms with Crippen LogP contribution in [0, 0.1) is 0 Å². The van der Waals surface area contributed by atoms with Crippen LogP contribution >= 0.6 is 0 Å². The summed E-state index contributed by atoms with van der Waals surface area (Å²) in [5.41, 5.74) is 1.35. The summed E-state index contributed by atoms with van der Waals surface area (Å²) in [6.45, 7) is 0.